The third-order valence-corrected chi connectivity index (χ3v) is 3.78. The van der Waals surface area contributed by atoms with Gasteiger partial charge in [-0.15, -0.1) is 0 Å². The summed E-state index contributed by atoms with van der Waals surface area (Å²) in [6, 6.07) is 9.78. The van der Waals surface area contributed by atoms with E-state index in [4.69, 9.17) is 9.47 Å². The topological polar surface area (TPSA) is 38.8 Å². The van der Waals surface area contributed by atoms with Crippen LogP contribution < -0.4 is 0 Å². The van der Waals surface area contributed by atoms with Gasteiger partial charge in [0.1, 0.15) is 6.61 Å². The van der Waals surface area contributed by atoms with Crippen LogP contribution in [0.1, 0.15) is 31.7 Å². The van der Waals surface area contributed by atoms with Gasteiger partial charge < -0.3 is 14.4 Å². The van der Waals surface area contributed by atoms with Crippen LogP contribution in [0.15, 0.2) is 30.3 Å². The number of likely N-dealkylation sites (tertiary alicyclic amines) is 1. The highest BCUT2D eigenvalue weighted by molar-refractivity contribution is 5.67. The third-order valence-electron chi connectivity index (χ3n) is 3.78. The molecule has 0 unspecified atom stereocenters. The number of rotatable bonds is 6. The van der Waals surface area contributed by atoms with E-state index < -0.39 is 0 Å². The number of piperidine rings is 1. The van der Waals surface area contributed by atoms with Gasteiger partial charge in [0.05, 0.1) is 0 Å². The van der Waals surface area contributed by atoms with E-state index in [1.54, 1.807) is 4.90 Å². The first-order valence-corrected chi connectivity index (χ1v) is 7.83. The fourth-order valence-corrected chi connectivity index (χ4v) is 2.49. The first kappa shape index (κ1) is 15.8. The van der Waals surface area contributed by atoms with E-state index in [2.05, 4.69) is 6.92 Å². The third kappa shape index (κ3) is 5.38. The van der Waals surface area contributed by atoms with Gasteiger partial charge in [0.2, 0.25) is 0 Å². The van der Waals surface area contributed by atoms with Crippen LogP contribution in [0.3, 0.4) is 0 Å². The van der Waals surface area contributed by atoms with Crippen LogP contribution in [0.5, 0.6) is 0 Å². The smallest absolute Gasteiger partial charge is 0.410 e. The quantitative estimate of drug-likeness (QED) is 0.753. The molecule has 0 atom stereocenters. The molecular weight excluding hydrogens is 266 g/mol. The average molecular weight is 291 g/mol. The highest BCUT2D eigenvalue weighted by Gasteiger charge is 2.23. The molecular formula is C17H25NO3. The van der Waals surface area contributed by atoms with Crippen molar-refractivity contribution in [2.24, 2.45) is 5.92 Å². The molecule has 1 aliphatic heterocycles. The molecule has 1 amide bonds. The molecule has 1 aliphatic rings. The Balaban J connectivity index is 1.66. The monoisotopic (exact) mass is 291 g/mol. The summed E-state index contributed by atoms with van der Waals surface area (Å²) < 4.78 is 10.9. The molecule has 0 bridgehead atoms. The second-order valence-electron chi connectivity index (χ2n) is 5.55. The van der Waals surface area contributed by atoms with Gasteiger partial charge in [-0.1, -0.05) is 37.3 Å². The Hall–Kier alpha value is -1.55. The largest absolute Gasteiger partial charge is 0.445 e. The van der Waals surface area contributed by atoms with Gasteiger partial charge in [0.15, 0.2) is 0 Å². The van der Waals surface area contributed by atoms with Gasteiger partial charge in [0, 0.05) is 26.3 Å². The van der Waals surface area contributed by atoms with Crippen LogP contribution in [0.2, 0.25) is 0 Å². The van der Waals surface area contributed by atoms with E-state index >= 15 is 0 Å². The zero-order chi connectivity index (χ0) is 14.9. The lowest BCUT2D eigenvalue weighted by molar-refractivity contribution is 0.0531. The molecule has 0 aromatic heterocycles. The minimum Gasteiger partial charge on any atom is -0.445 e. The Labute approximate surface area is 127 Å². The van der Waals surface area contributed by atoms with Crippen molar-refractivity contribution in [3.63, 3.8) is 0 Å². The molecule has 0 radical (unpaired) electrons. The van der Waals surface area contributed by atoms with Crippen LogP contribution in [0.25, 0.3) is 0 Å². The van der Waals surface area contributed by atoms with Crippen LogP contribution >= 0.6 is 0 Å². The van der Waals surface area contributed by atoms with Crippen LogP contribution in [-0.4, -0.2) is 37.3 Å². The summed E-state index contributed by atoms with van der Waals surface area (Å²) in [4.78, 5) is 13.8. The predicted octanol–water partition coefficient (Wildman–Crippen LogP) is 3.46. The van der Waals surface area contributed by atoms with Crippen LogP contribution in [0, 0.1) is 5.92 Å². The van der Waals surface area contributed by atoms with Crippen LogP contribution in [0.4, 0.5) is 4.79 Å². The molecule has 4 heteroatoms. The van der Waals surface area contributed by atoms with E-state index in [0.29, 0.717) is 12.5 Å². The number of nitrogens with zero attached hydrogens (tertiary/aromatic N) is 1. The molecule has 1 aromatic carbocycles. The summed E-state index contributed by atoms with van der Waals surface area (Å²) in [6.45, 7) is 5.66. The Morgan fingerprint density at radius 1 is 1.24 bits per heavy atom. The molecule has 116 valence electrons. The van der Waals surface area contributed by atoms with E-state index in [0.717, 1.165) is 51.1 Å². The van der Waals surface area contributed by atoms with Crippen molar-refractivity contribution >= 4 is 6.09 Å². The van der Waals surface area contributed by atoms with Gasteiger partial charge in [-0.3, -0.25) is 0 Å². The summed E-state index contributed by atoms with van der Waals surface area (Å²) in [6.07, 6.45) is 2.87. The minimum absolute atomic E-state index is 0.202. The van der Waals surface area contributed by atoms with E-state index in [-0.39, 0.29) is 6.09 Å². The summed E-state index contributed by atoms with van der Waals surface area (Å²) >= 11 is 0. The SMILES string of the molecule is CCCOCC1CCN(C(=O)OCc2ccccc2)CC1. The van der Waals surface area contributed by atoms with Crippen molar-refractivity contribution in [3.05, 3.63) is 35.9 Å². The average Bonchev–Trinajstić information content (AvgIpc) is 2.54. The maximum atomic E-state index is 12.0. The first-order valence-electron chi connectivity index (χ1n) is 7.83. The minimum atomic E-state index is -0.202. The zero-order valence-corrected chi connectivity index (χ0v) is 12.8. The molecule has 0 N–H and O–H groups in total. The molecule has 0 aliphatic carbocycles. The number of carbonyl (C=O) groups excluding carboxylic acids is 1. The van der Waals surface area contributed by atoms with Gasteiger partial charge in [-0.25, -0.2) is 4.79 Å². The fraction of sp³-hybridized carbons (Fsp3) is 0.588. The maximum absolute atomic E-state index is 12.0. The lowest BCUT2D eigenvalue weighted by Gasteiger charge is -2.31. The lowest BCUT2D eigenvalue weighted by atomic mass is 9.98. The standard InChI is InChI=1S/C17H25NO3/c1-2-12-20-13-16-8-10-18(11-9-16)17(19)21-14-15-6-4-3-5-7-15/h3-7,16H,2,8-14H2,1H3. The van der Waals surface area contributed by atoms with Gasteiger partial charge in [-0.05, 0) is 30.7 Å². The predicted molar refractivity (Wildman–Crippen MR) is 82.0 cm³/mol. The number of amides is 1. The molecule has 1 heterocycles. The Morgan fingerprint density at radius 2 is 1.95 bits per heavy atom. The van der Waals surface area contributed by atoms with Crippen molar-refractivity contribution in [2.75, 3.05) is 26.3 Å². The number of hydrogen-bond acceptors (Lipinski definition) is 3. The zero-order valence-electron chi connectivity index (χ0n) is 12.8. The van der Waals surface area contributed by atoms with Gasteiger partial charge >= 0.3 is 6.09 Å². The Kier molecular flexibility index (Phi) is 6.54. The molecule has 0 spiro atoms. The van der Waals surface area contributed by atoms with Crippen molar-refractivity contribution in [1.29, 1.82) is 0 Å². The Bertz CT molecular complexity index is 413. The number of hydrogen-bond donors (Lipinski definition) is 0. The maximum Gasteiger partial charge on any atom is 0.410 e. The first-order chi connectivity index (χ1) is 10.3. The summed E-state index contributed by atoms with van der Waals surface area (Å²) in [5.74, 6) is 0.578. The van der Waals surface area contributed by atoms with E-state index in [1.807, 2.05) is 30.3 Å². The number of benzene rings is 1. The molecule has 1 saturated heterocycles. The number of ether oxygens (including phenoxy) is 2. The molecule has 4 nitrogen and oxygen atoms in total. The molecule has 2 rings (SSSR count). The molecule has 21 heavy (non-hydrogen) atoms. The van der Waals surface area contributed by atoms with Crippen molar-refractivity contribution in [3.8, 4) is 0 Å². The highest BCUT2D eigenvalue weighted by Crippen LogP contribution is 2.18. The van der Waals surface area contributed by atoms with Gasteiger partial charge in [-0.2, -0.15) is 0 Å². The van der Waals surface area contributed by atoms with Crippen molar-refractivity contribution in [2.45, 2.75) is 32.8 Å². The lowest BCUT2D eigenvalue weighted by Crippen LogP contribution is -2.39. The van der Waals surface area contributed by atoms with E-state index in [1.165, 1.54) is 0 Å². The molecule has 0 saturated carbocycles. The highest BCUT2D eigenvalue weighted by atomic mass is 16.6. The normalized spacial score (nSPS) is 16.0. The van der Waals surface area contributed by atoms with E-state index in [9.17, 15) is 4.79 Å². The molecule has 1 fully saturated rings. The summed E-state index contributed by atoms with van der Waals surface area (Å²) in [5, 5.41) is 0. The second kappa shape index (κ2) is 8.67. The van der Waals surface area contributed by atoms with Crippen LogP contribution in [-0.2, 0) is 16.1 Å². The Morgan fingerprint density at radius 3 is 2.62 bits per heavy atom. The van der Waals surface area contributed by atoms with Crippen molar-refractivity contribution in [1.82, 2.24) is 4.90 Å². The van der Waals surface area contributed by atoms with Gasteiger partial charge in [0.25, 0.3) is 0 Å². The second-order valence-corrected chi connectivity index (χ2v) is 5.55. The molecule has 1 aromatic rings. The summed E-state index contributed by atoms with van der Waals surface area (Å²) in [7, 11) is 0. The van der Waals surface area contributed by atoms with Crippen molar-refractivity contribution < 1.29 is 14.3 Å². The number of carbonyl (C=O) groups is 1. The summed E-state index contributed by atoms with van der Waals surface area (Å²) in [5.41, 5.74) is 1.02. The fourth-order valence-electron chi connectivity index (χ4n) is 2.49.